The topological polar surface area (TPSA) is 58.2 Å². The van der Waals surface area contributed by atoms with E-state index in [1.807, 2.05) is 19.1 Å². The van der Waals surface area contributed by atoms with Crippen molar-refractivity contribution in [3.8, 4) is 0 Å². The summed E-state index contributed by atoms with van der Waals surface area (Å²) in [6.07, 6.45) is 3.41. The summed E-state index contributed by atoms with van der Waals surface area (Å²) in [5.41, 5.74) is 1.84. The number of rotatable bonds is 6. The number of hydrogen-bond acceptors (Lipinski definition) is 3. The summed E-state index contributed by atoms with van der Waals surface area (Å²) in [6, 6.07) is 6.45. The second-order valence-corrected chi connectivity index (χ2v) is 7.88. The fraction of sp³-hybridized carbons (Fsp3) is 0.600. The SMILES string of the molecule is Cc1ccc(CNC2CC2)cc1S(=O)(=O)NC1CC1C. The summed E-state index contributed by atoms with van der Waals surface area (Å²) in [6.45, 7) is 4.66. The molecule has 0 saturated heterocycles. The van der Waals surface area contributed by atoms with Gasteiger partial charge in [0.25, 0.3) is 0 Å². The van der Waals surface area contributed by atoms with Gasteiger partial charge >= 0.3 is 0 Å². The normalized spacial score (nSPS) is 25.7. The average Bonchev–Trinajstić information content (AvgIpc) is 3.28. The molecule has 2 fully saturated rings. The van der Waals surface area contributed by atoms with Crippen LogP contribution in [-0.2, 0) is 16.6 Å². The maximum absolute atomic E-state index is 12.4. The first-order valence-corrected chi connectivity index (χ1v) is 8.79. The van der Waals surface area contributed by atoms with Gasteiger partial charge in [-0.3, -0.25) is 0 Å². The number of nitrogens with one attached hydrogen (secondary N) is 2. The minimum absolute atomic E-state index is 0.118. The van der Waals surface area contributed by atoms with Crippen molar-refractivity contribution in [2.24, 2.45) is 5.92 Å². The lowest BCUT2D eigenvalue weighted by molar-refractivity contribution is 0.577. The zero-order valence-corrected chi connectivity index (χ0v) is 12.8. The minimum Gasteiger partial charge on any atom is -0.310 e. The van der Waals surface area contributed by atoms with Gasteiger partial charge in [0, 0.05) is 18.6 Å². The van der Waals surface area contributed by atoms with Crippen LogP contribution in [0.25, 0.3) is 0 Å². The number of sulfonamides is 1. The van der Waals surface area contributed by atoms with Crippen LogP contribution >= 0.6 is 0 Å². The monoisotopic (exact) mass is 294 g/mol. The van der Waals surface area contributed by atoms with E-state index in [1.54, 1.807) is 6.07 Å². The van der Waals surface area contributed by atoms with Gasteiger partial charge in [0.05, 0.1) is 4.90 Å². The molecule has 4 nitrogen and oxygen atoms in total. The van der Waals surface area contributed by atoms with Gasteiger partial charge in [-0.25, -0.2) is 13.1 Å². The summed E-state index contributed by atoms with van der Waals surface area (Å²) >= 11 is 0. The highest BCUT2D eigenvalue weighted by atomic mass is 32.2. The van der Waals surface area contributed by atoms with Crippen molar-refractivity contribution in [3.63, 3.8) is 0 Å². The molecule has 0 amide bonds. The van der Waals surface area contributed by atoms with Crippen molar-refractivity contribution >= 4 is 10.0 Å². The van der Waals surface area contributed by atoms with Crippen molar-refractivity contribution in [1.29, 1.82) is 0 Å². The molecule has 2 unspecified atom stereocenters. The van der Waals surface area contributed by atoms with E-state index in [0.29, 0.717) is 16.9 Å². The Kier molecular flexibility index (Phi) is 3.60. The Hall–Kier alpha value is -0.910. The first kappa shape index (κ1) is 14.0. The van der Waals surface area contributed by atoms with E-state index in [4.69, 9.17) is 0 Å². The van der Waals surface area contributed by atoms with Crippen LogP contribution in [0.5, 0.6) is 0 Å². The van der Waals surface area contributed by atoms with Crippen LogP contribution in [0.1, 0.15) is 37.3 Å². The lowest BCUT2D eigenvalue weighted by Gasteiger charge is -2.11. The molecular weight excluding hydrogens is 272 g/mol. The highest BCUT2D eigenvalue weighted by Gasteiger charge is 2.36. The molecule has 0 spiro atoms. The van der Waals surface area contributed by atoms with Crippen molar-refractivity contribution in [2.45, 2.75) is 56.6 Å². The molecule has 1 aromatic carbocycles. The van der Waals surface area contributed by atoms with E-state index < -0.39 is 10.0 Å². The Labute approximate surface area is 121 Å². The maximum Gasteiger partial charge on any atom is 0.241 e. The lowest BCUT2D eigenvalue weighted by atomic mass is 10.1. The molecule has 3 rings (SSSR count). The Morgan fingerprint density at radius 1 is 1.30 bits per heavy atom. The zero-order valence-electron chi connectivity index (χ0n) is 12.0. The number of aryl methyl sites for hydroxylation is 1. The van der Waals surface area contributed by atoms with Gasteiger partial charge in [0.15, 0.2) is 0 Å². The van der Waals surface area contributed by atoms with Gasteiger partial charge in [-0.15, -0.1) is 0 Å². The van der Waals surface area contributed by atoms with Crippen LogP contribution in [0.15, 0.2) is 23.1 Å². The van der Waals surface area contributed by atoms with Crippen molar-refractivity contribution in [3.05, 3.63) is 29.3 Å². The highest BCUT2D eigenvalue weighted by Crippen LogP contribution is 2.31. The molecular formula is C15H22N2O2S. The van der Waals surface area contributed by atoms with E-state index in [-0.39, 0.29) is 6.04 Å². The Balaban J connectivity index is 1.77. The van der Waals surface area contributed by atoms with Crippen LogP contribution in [0.3, 0.4) is 0 Å². The van der Waals surface area contributed by atoms with Crippen LogP contribution in [0, 0.1) is 12.8 Å². The van der Waals surface area contributed by atoms with Gasteiger partial charge in [-0.2, -0.15) is 0 Å². The van der Waals surface area contributed by atoms with Gasteiger partial charge in [-0.05, 0) is 49.3 Å². The second-order valence-electron chi connectivity index (χ2n) is 6.20. The second kappa shape index (κ2) is 5.13. The third-order valence-electron chi connectivity index (χ3n) is 4.13. The van der Waals surface area contributed by atoms with Gasteiger partial charge in [0.2, 0.25) is 10.0 Å². The molecule has 20 heavy (non-hydrogen) atoms. The van der Waals surface area contributed by atoms with Crippen LogP contribution in [0.4, 0.5) is 0 Å². The standard InChI is InChI=1S/C15H22N2O2S/c1-10-3-4-12(9-16-13-5-6-13)8-15(10)20(18,19)17-14-7-11(14)2/h3-4,8,11,13-14,16-17H,5-7,9H2,1-2H3. The molecule has 2 saturated carbocycles. The highest BCUT2D eigenvalue weighted by molar-refractivity contribution is 7.89. The third kappa shape index (κ3) is 3.22. The quantitative estimate of drug-likeness (QED) is 0.843. The summed E-state index contributed by atoms with van der Waals surface area (Å²) < 4.78 is 27.6. The summed E-state index contributed by atoms with van der Waals surface area (Å²) in [7, 11) is -3.38. The minimum atomic E-state index is -3.38. The van der Waals surface area contributed by atoms with E-state index in [2.05, 4.69) is 17.0 Å². The molecule has 0 aliphatic heterocycles. The molecule has 1 aromatic rings. The van der Waals surface area contributed by atoms with Crippen LogP contribution in [0.2, 0.25) is 0 Å². The molecule has 2 atom stereocenters. The van der Waals surface area contributed by atoms with Gasteiger partial charge < -0.3 is 5.32 Å². The van der Waals surface area contributed by atoms with Gasteiger partial charge in [0.1, 0.15) is 0 Å². The summed E-state index contributed by atoms with van der Waals surface area (Å²) in [5, 5.41) is 3.42. The van der Waals surface area contributed by atoms with Crippen molar-refractivity contribution < 1.29 is 8.42 Å². The first-order chi connectivity index (χ1) is 9.45. The lowest BCUT2D eigenvalue weighted by Crippen LogP contribution is -2.27. The van der Waals surface area contributed by atoms with Gasteiger partial charge in [-0.1, -0.05) is 19.1 Å². The molecule has 0 bridgehead atoms. The van der Waals surface area contributed by atoms with E-state index in [0.717, 1.165) is 24.1 Å². The van der Waals surface area contributed by atoms with E-state index in [1.165, 1.54) is 12.8 Å². The predicted molar refractivity (Wildman–Crippen MR) is 78.9 cm³/mol. The third-order valence-corrected chi connectivity index (χ3v) is 5.76. The zero-order chi connectivity index (χ0) is 14.3. The van der Waals surface area contributed by atoms with Crippen LogP contribution in [-0.4, -0.2) is 20.5 Å². The van der Waals surface area contributed by atoms with Crippen LogP contribution < -0.4 is 10.0 Å². The molecule has 110 valence electrons. The smallest absolute Gasteiger partial charge is 0.241 e. The Morgan fingerprint density at radius 2 is 2.00 bits per heavy atom. The molecule has 0 radical (unpaired) electrons. The van der Waals surface area contributed by atoms with Crippen molar-refractivity contribution in [2.75, 3.05) is 0 Å². The molecule has 0 heterocycles. The summed E-state index contributed by atoms with van der Waals surface area (Å²) in [5.74, 6) is 0.463. The fourth-order valence-electron chi connectivity index (χ4n) is 2.34. The van der Waals surface area contributed by atoms with E-state index >= 15 is 0 Å². The van der Waals surface area contributed by atoms with Crippen molar-refractivity contribution in [1.82, 2.24) is 10.0 Å². The Bertz CT molecular complexity index is 608. The molecule has 5 heteroatoms. The molecule has 0 aromatic heterocycles. The first-order valence-electron chi connectivity index (χ1n) is 7.31. The molecule has 2 N–H and O–H groups in total. The number of hydrogen-bond donors (Lipinski definition) is 2. The predicted octanol–water partition coefficient (Wildman–Crippen LogP) is 1.93. The average molecular weight is 294 g/mol. The number of benzene rings is 1. The Morgan fingerprint density at radius 3 is 2.60 bits per heavy atom. The fourth-order valence-corrected chi connectivity index (χ4v) is 4.00. The molecule has 2 aliphatic carbocycles. The van der Waals surface area contributed by atoms with E-state index in [9.17, 15) is 8.42 Å². The maximum atomic E-state index is 12.4. The summed E-state index contributed by atoms with van der Waals surface area (Å²) in [4.78, 5) is 0.423. The molecule has 2 aliphatic rings. The largest absolute Gasteiger partial charge is 0.310 e.